The highest BCUT2D eigenvalue weighted by molar-refractivity contribution is 7.10. The SMILES string of the molecule is Cc1ccccc1[C@H]1c2ccsc2CCN1C(=O)CN(C(=O)CC(C)C)C(C)C. The van der Waals surface area contributed by atoms with Crippen LogP contribution in [-0.2, 0) is 16.0 Å². The number of amides is 2. The van der Waals surface area contributed by atoms with Crippen molar-refractivity contribution in [2.24, 2.45) is 5.92 Å². The van der Waals surface area contributed by atoms with Crippen LogP contribution in [0, 0.1) is 12.8 Å². The van der Waals surface area contributed by atoms with Crippen molar-refractivity contribution < 1.29 is 9.59 Å². The summed E-state index contributed by atoms with van der Waals surface area (Å²) in [6, 6.07) is 10.4. The van der Waals surface area contributed by atoms with E-state index in [-0.39, 0.29) is 36.4 Å². The minimum Gasteiger partial charge on any atom is -0.331 e. The third-order valence-electron chi connectivity index (χ3n) is 5.60. The van der Waals surface area contributed by atoms with Gasteiger partial charge in [-0.15, -0.1) is 11.3 Å². The van der Waals surface area contributed by atoms with Crippen LogP contribution in [0.25, 0.3) is 0 Å². The molecule has 0 N–H and O–H groups in total. The van der Waals surface area contributed by atoms with E-state index in [2.05, 4.69) is 30.5 Å². The Morgan fingerprint density at radius 2 is 1.86 bits per heavy atom. The van der Waals surface area contributed by atoms with Gasteiger partial charge in [-0.3, -0.25) is 9.59 Å². The average molecular weight is 413 g/mol. The zero-order chi connectivity index (χ0) is 21.1. The second kappa shape index (κ2) is 9.12. The molecule has 0 aliphatic carbocycles. The normalized spacial score (nSPS) is 16.2. The average Bonchev–Trinajstić information content (AvgIpc) is 3.13. The molecule has 0 saturated carbocycles. The van der Waals surface area contributed by atoms with E-state index in [0.29, 0.717) is 13.0 Å². The first-order chi connectivity index (χ1) is 13.8. The third-order valence-corrected chi connectivity index (χ3v) is 6.60. The van der Waals surface area contributed by atoms with Crippen molar-refractivity contribution in [1.29, 1.82) is 0 Å². The van der Waals surface area contributed by atoms with E-state index in [0.717, 1.165) is 6.42 Å². The van der Waals surface area contributed by atoms with Gasteiger partial charge in [0.2, 0.25) is 11.8 Å². The van der Waals surface area contributed by atoms with E-state index >= 15 is 0 Å². The first kappa shape index (κ1) is 21.6. The van der Waals surface area contributed by atoms with Crippen LogP contribution in [0.15, 0.2) is 35.7 Å². The van der Waals surface area contributed by atoms with Crippen molar-refractivity contribution in [2.45, 2.75) is 59.5 Å². The van der Waals surface area contributed by atoms with Gasteiger partial charge in [-0.2, -0.15) is 0 Å². The molecule has 0 bridgehead atoms. The maximum Gasteiger partial charge on any atom is 0.243 e. The molecule has 1 aromatic heterocycles. The molecule has 29 heavy (non-hydrogen) atoms. The van der Waals surface area contributed by atoms with Crippen molar-refractivity contribution in [3.63, 3.8) is 0 Å². The number of carbonyl (C=O) groups is 2. The highest BCUT2D eigenvalue weighted by atomic mass is 32.1. The lowest BCUT2D eigenvalue weighted by atomic mass is 9.90. The van der Waals surface area contributed by atoms with Gasteiger partial charge in [-0.25, -0.2) is 0 Å². The van der Waals surface area contributed by atoms with Gasteiger partial charge < -0.3 is 9.80 Å². The number of aryl methyl sites for hydroxylation is 1. The van der Waals surface area contributed by atoms with Crippen molar-refractivity contribution in [3.8, 4) is 0 Å². The standard InChI is InChI=1S/C24H32N2O2S/c1-16(2)14-22(27)26(17(3)4)15-23(28)25-12-10-21-20(11-13-29-21)24(25)19-9-7-6-8-18(19)5/h6-9,11,13,16-17,24H,10,12,14-15H2,1-5H3/t24-/m0/s1. The summed E-state index contributed by atoms with van der Waals surface area (Å²) in [6.45, 7) is 11.0. The van der Waals surface area contributed by atoms with Crippen LogP contribution in [0.4, 0.5) is 0 Å². The first-order valence-electron chi connectivity index (χ1n) is 10.5. The summed E-state index contributed by atoms with van der Waals surface area (Å²) in [5, 5.41) is 2.12. The zero-order valence-corrected chi connectivity index (χ0v) is 19.0. The third kappa shape index (κ3) is 4.72. The Balaban J connectivity index is 1.90. The van der Waals surface area contributed by atoms with E-state index in [1.54, 1.807) is 16.2 Å². The molecule has 0 fully saturated rings. The number of nitrogens with zero attached hydrogens (tertiary/aromatic N) is 2. The molecule has 5 heteroatoms. The minimum atomic E-state index is -0.0760. The summed E-state index contributed by atoms with van der Waals surface area (Å²) in [5.74, 6) is 0.367. The molecule has 1 aromatic carbocycles. The lowest BCUT2D eigenvalue weighted by Crippen LogP contribution is -2.48. The highest BCUT2D eigenvalue weighted by Gasteiger charge is 2.35. The molecule has 0 unspecified atom stereocenters. The van der Waals surface area contributed by atoms with Gasteiger partial charge in [0.1, 0.15) is 6.54 Å². The van der Waals surface area contributed by atoms with Crippen LogP contribution < -0.4 is 0 Å². The second-order valence-corrected chi connectivity index (χ2v) is 9.61. The summed E-state index contributed by atoms with van der Waals surface area (Å²) < 4.78 is 0. The Morgan fingerprint density at radius 3 is 2.52 bits per heavy atom. The predicted octanol–water partition coefficient (Wildman–Crippen LogP) is 4.81. The summed E-state index contributed by atoms with van der Waals surface area (Å²) in [6.07, 6.45) is 1.35. The smallest absolute Gasteiger partial charge is 0.243 e. The van der Waals surface area contributed by atoms with E-state index in [1.165, 1.54) is 21.6 Å². The zero-order valence-electron chi connectivity index (χ0n) is 18.1. The predicted molar refractivity (Wildman–Crippen MR) is 119 cm³/mol. The van der Waals surface area contributed by atoms with Crippen molar-refractivity contribution >= 4 is 23.2 Å². The molecule has 0 spiro atoms. The van der Waals surface area contributed by atoms with E-state index in [1.807, 2.05) is 44.7 Å². The summed E-state index contributed by atoms with van der Waals surface area (Å²) >= 11 is 1.77. The minimum absolute atomic E-state index is 0.00334. The number of fused-ring (bicyclic) bond motifs is 1. The number of hydrogen-bond donors (Lipinski definition) is 0. The largest absolute Gasteiger partial charge is 0.331 e. The molecule has 2 aromatic rings. The molecule has 2 heterocycles. The molecule has 3 rings (SSSR count). The first-order valence-corrected chi connectivity index (χ1v) is 11.4. The molecule has 156 valence electrons. The lowest BCUT2D eigenvalue weighted by molar-refractivity contribution is -0.143. The van der Waals surface area contributed by atoms with Crippen LogP contribution in [0.3, 0.4) is 0 Å². The van der Waals surface area contributed by atoms with E-state index < -0.39 is 0 Å². The van der Waals surface area contributed by atoms with Crippen molar-refractivity contribution in [2.75, 3.05) is 13.1 Å². The van der Waals surface area contributed by atoms with Crippen LogP contribution in [0.1, 0.15) is 61.7 Å². The Labute approximate surface area is 178 Å². The summed E-state index contributed by atoms with van der Waals surface area (Å²) in [4.78, 5) is 31.3. The van der Waals surface area contributed by atoms with Crippen molar-refractivity contribution in [1.82, 2.24) is 9.80 Å². The monoisotopic (exact) mass is 412 g/mol. The molecule has 0 saturated heterocycles. The van der Waals surface area contributed by atoms with E-state index in [4.69, 9.17) is 0 Å². The van der Waals surface area contributed by atoms with Gasteiger partial charge in [0.25, 0.3) is 0 Å². The number of rotatable bonds is 6. The molecule has 1 aliphatic rings. The topological polar surface area (TPSA) is 40.6 Å². The lowest BCUT2D eigenvalue weighted by Gasteiger charge is -2.39. The van der Waals surface area contributed by atoms with Gasteiger partial charge in [0.15, 0.2) is 0 Å². The fraction of sp³-hybridized carbons (Fsp3) is 0.500. The summed E-state index contributed by atoms with van der Waals surface area (Å²) in [5.41, 5.74) is 3.59. The molecule has 0 radical (unpaired) electrons. The van der Waals surface area contributed by atoms with Crippen LogP contribution in [0.2, 0.25) is 0 Å². The molecular formula is C24H32N2O2S. The molecular weight excluding hydrogens is 380 g/mol. The fourth-order valence-electron chi connectivity index (χ4n) is 4.08. The van der Waals surface area contributed by atoms with Crippen LogP contribution >= 0.6 is 11.3 Å². The quantitative estimate of drug-likeness (QED) is 0.683. The summed E-state index contributed by atoms with van der Waals surface area (Å²) in [7, 11) is 0. The number of benzene rings is 1. The second-order valence-electron chi connectivity index (χ2n) is 8.61. The fourth-order valence-corrected chi connectivity index (χ4v) is 4.98. The van der Waals surface area contributed by atoms with Crippen LogP contribution in [-0.4, -0.2) is 40.7 Å². The van der Waals surface area contributed by atoms with Gasteiger partial charge in [0.05, 0.1) is 6.04 Å². The number of hydrogen-bond acceptors (Lipinski definition) is 3. The molecule has 1 atom stereocenters. The molecule has 2 amide bonds. The Kier molecular flexibility index (Phi) is 6.78. The Bertz CT molecular complexity index is 871. The maximum atomic E-state index is 13.5. The number of thiophene rings is 1. The van der Waals surface area contributed by atoms with E-state index in [9.17, 15) is 9.59 Å². The van der Waals surface area contributed by atoms with Crippen molar-refractivity contribution in [3.05, 3.63) is 57.3 Å². The maximum absolute atomic E-state index is 13.5. The van der Waals surface area contributed by atoms with Gasteiger partial charge in [0, 0.05) is 23.9 Å². The Hall–Kier alpha value is -2.14. The number of carbonyl (C=O) groups excluding carboxylic acids is 2. The Morgan fingerprint density at radius 1 is 1.14 bits per heavy atom. The molecule has 4 nitrogen and oxygen atoms in total. The van der Waals surface area contributed by atoms with Gasteiger partial charge in [-0.05, 0) is 61.2 Å². The highest BCUT2D eigenvalue weighted by Crippen LogP contribution is 2.39. The van der Waals surface area contributed by atoms with Crippen LogP contribution in [0.5, 0.6) is 0 Å². The van der Waals surface area contributed by atoms with Gasteiger partial charge >= 0.3 is 0 Å². The van der Waals surface area contributed by atoms with Gasteiger partial charge in [-0.1, -0.05) is 38.1 Å². The molecule has 1 aliphatic heterocycles.